The Morgan fingerprint density at radius 1 is 1.41 bits per heavy atom. The Hall–Kier alpha value is -1.21. The average Bonchev–Trinajstić information content (AvgIpc) is 2.18. The smallest absolute Gasteiger partial charge is 0.303 e. The molecule has 6 nitrogen and oxygen atoms in total. The summed E-state index contributed by atoms with van der Waals surface area (Å²) in [5.74, 6) is -1.15. The third-order valence-electron chi connectivity index (χ3n) is 2.45. The number of aliphatic hydroxyl groups is 1. The standard InChI is InChI=1S/C10H16FNO5/c1-4-9(17-6(3)14)7(11)8(10(15)16-4)12-5(2)13/h4,7-10,15H,1-3H3,(H,12,13)/t4-,7-,8-,9+,10+/m1/s1. The summed E-state index contributed by atoms with van der Waals surface area (Å²) in [4.78, 5) is 21.7. The molecule has 1 saturated heterocycles. The van der Waals surface area contributed by atoms with E-state index in [1.807, 2.05) is 0 Å². The van der Waals surface area contributed by atoms with Crippen molar-refractivity contribution in [2.45, 2.75) is 51.5 Å². The van der Waals surface area contributed by atoms with E-state index in [0.717, 1.165) is 6.92 Å². The zero-order valence-corrected chi connectivity index (χ0v) is 9.84. The number of esters is 1. The van der Waals surface area contributed by atoms with Crippen molar-refractivity contribution in [3.63, 3.8) is 0 Å². The van der Waals surface area contributed by atoms with Gasteiger partial charge >= 0.3 is 5.97 Å². The second-order valence-corrected chi connectivity index (χ2v) is 3.98. The van der Waals surface area contributed by atoms with Gasteiger partial charge in [-0.25, -0.2) is 4.39 Å². The molecule has 0 saturated carbocycles. The Bertz CT molecular complexity index is 283. The molecule has 98 valence electrons. The SMILES string of the molecule is CC(=O)N[C@@H]1[C@@H](F)[C@@H](OC(C)=O)[C@@H](C)O[C@@H]1O. The fraction of sp³-hybridized carbons (Fsp3) is 0.800. The number of aliphatic hydroxyl groups excluding tert-OH is 1. The number of nitrogens with one attached hydrogen (secondary N) is 1. The number of hydrogen-bond acceptors (Lipinski definition) is 5. The van der Waals surface area contributed by atoms with Crippen LogP contribution in [0.5, 0.6) is 0 Å². The molecule has 0 aliphatic carbocycles. The van der Waals surface area contributed by atoms with Crippen LogP contribution in [0.3, 0.4) is 0 Å². The molecule has 1 heterocycles. The molecule has 1 amide bonds. The number of hydrogen-bond donors (Lipinski definition) is 2. The first-order valence-corrected chi connectivity index (χ1v) is 5.25. The Morgan fingerprint density at radius 3 is 2.47 bits per heavy atom. The summed E-state index contributed by atoms with van der Waals surface area (Å²) >= 11 is 0. The number of alkyl halides is 1. The molecule has 0 radical (unpaired) electrons. The predicted molar refractivity (Wildman–Crippen MR) is 54.6 cm³/mol. The van der Waals surface area contributed by atoms with E-state index < -0.39 is 42.6 Å². The molecule has 0 aromatic carbocycles. The molecule has 0 aromatic rings. The summed E-state index contributed by atoms with van der Waals surface area (Å²) in [5, 5.41) is 11.7. The van der Waals surface area contributed by atoms with E-state index in [1.54, 1.807) is 0 Å². The van der Waals surface area contributed by atoms with Gasteiger partial charge in [-0.2, -0.15) is 0 Å². The van der Waals surface area contributed by atoms with Gasteiger partial charge in [0.05, 0.1) is 6.10 Å². The van der Waals surface area contributed by atoms with Gasteiger partial charge in [-0.3, -0.25) is 9.59 Å². The lowest BCUT2D eigenvalue weighted by atomic mass is 9.98. The molecule has 0 aromatic heterocycles. The van der Waals surface area contributed by atoms with Crippen molar-refractivity contribution in [1.29, 1.82) is 0 Å². The Balaban J connectivity index is 2.78. The molecule has 0 spiro atoms. The Labute approximate surface area is 98.1 Å². The molecule has 2 N–H and O–H groups in total. The first-order chi connectivity index (χ1) is 7.82. The lowest BCUT2D eigenvalue weighted by Gasteiger charge is -2.39. The van der Waals surface area contributed by atoms with E-state index in [-0.39, 0.29) is 0 Å². The minimum atomic E-state index is -1.72. The highest BCUT2D eigenvalue weighted by atomic mass is 19.1. The van der Waals surface area contributed by atoms with Crippen molar-refractivity contribution in [3.05, 3.63) is 0 Å². The topological polar surface area (TPSA) is 84.9 Å². The molecule has 0 bridgehead atoms. The first-order valence-electron chi connectivity index (χ1n) is 5.25. The van der Waals surface area contributed by atoms with E-state index in [1.165, 1.54) is 13.8 Å². The van der Waals surface area contributed by atoms with Crippen LogP contribution < -0.4 is 5.32 Å². The minimum Gasteiger partial charge on any atom is -0.457 e. The largest absolute Gasteiger partial charge is 0.457 e. The summed E-state index contributed by atoms with van der Waals surface area (Å²) < 4.78 is 23.8. The van der Waals surface area contributed by atoms with Crippen molar-refractivity contribution in [2.75, 3.05) is 0 Å². The van der Waals surface area contributed by atoms with E-state index in [2.05, 4.69) is 5.32 Å². The Morgan fingerprint density at radius 2 is 2.00 bits per heavy atom. The fourth-order valence-corrected chi connectivity index (χ4v) is 1.74. The van der Waals surface area contributed by atoms with Crippen molar-refractivity contribution in [2.24, 2.45) is 0 Å². The van der Waals surface area contributed by atoms with Crippen LogP contribution in [0.15, 0.2) is 0 Å². The van der Waals surface area contributed by atoms with Gasteiger partial charge < -0.3 is 19.9 Å². The van der Waals surface area contributed by atoms with Crippen LogP contribution in [0.25, 0.3) is 0 Å². The number of ether oxygens (including phenoxy) is 2. The predicted octanol–water partition coefficient (Wildman–Crippen LogP) is -0.502. The van der Waals surface area contributed by atoms with Crippen LogP contribution in [0.4, 0.5) is 4.39 Å². The van der Waals surface area contributed by atoms with Gasteiger partial charge in [0.2, 0.25) is 5.91 Å². The maximum atomic E-state index is 14.0. The zero-order chi connectivity index (χ0) is 13.2. The number of carbonyl (C=O) groups is 2. The lowest BCUT2D eigenvalue weighted by molar-refractivity contribution is -0.237. The molecule has 1 rings (SSSR count). The van der Waals surface area contributed by atoms with Crippen molar-refractivity contribution in [1.82, 2.24) is 5.32 Å². The van der Waals surface area contributed by atoms with E-state index in [0.29, 0.717) is 0 Å². The molecule has 7 heteroatoms. The van der Waals surface area contributed by atoms with Gasteiger partial charge in [0, 0.05) is 13.8 Å². The normalized spacial score (nSPS) is 37.4. The monoisotopic (exact) mass is 249 g/mol. The maximum absolute atomic E-state index is 14.0. The van der Waals surface area contributed by atoms with Crippen molar-refractivity contribution < 1.29 is 28.6 Å². The van der Waals surface area contributed by atoms with Crippen molar-refractivity contribution in [3.8, 4) is 0 Å². The molecule has 1 aliphatic heterocycles. The number of rotatable bonds is 2. The second-order valence-electron chi connectivity index (χ2n) is 3.98. The Kier molecular flexibility index (Phi) is 4.41. The molecular weight excluding hydrogens is 233 g/mol. The van der Waals surface area contributed by atoms with Gasteiger partial charge in [0.15, 0.2) is 18.6 Å². The highest BCUT2D eigenvalue weighted by Gasteiger charge is 2.46. The van der Waals surface area contributed by atoms with Crippen molar-refractivity contribution >= 4 is 11.9 Å². The first kappa shape index (κ1) is 13.9. The molecule has 1 fully saturated rings. The van der Waals surface area contributed by atoms with Gasteiger partial charge in [-0.05, 0) is 6.92 Å². The highest BCUT2D eigenvalue weighted by molar-refractivity contribution is 5.73. The summed E-state index contributed by atoms with van der Waals surface area (Å²) in [6.07, 6.45) is -5.11. The van der Waals surface area contributed by atoms with E-state index in [4.69, 9.17) is 9.47 Å². The quantitative estimate of drug-likeness (QED) is 0.644. The van der Waals surface area contributed by atoms with E-state index in [9.17, 15) is 19.1 Å². The average molecular weight is 249 g/mol. The third-order valence-corrected chi connectivity index (χ3v) is 2.45. The highest BCUT2D eigenvalue weighted by Crippen LogP contribution is 2.24. The second kappa shape index (κ2) is 5.42. The van der Waals surface area contributed by atoms with Crippen LogP contribution in [0.1, 0.15) is 20.8 Å². The summed E-state index contributed by atoms with van der Waals surface area (Å²) in [6, 6.07) is -1.24. The van der Waals surface area contributed by atoms with Gasteiger partial charge in [-0.15, -0.1) is 0 Å². The molecular formula is C10H16FNO5. The minimum absolute atomic E-state index is 0.503. The third kappa shape index (κ3) is 3.37. The van der Waals surface area contributed by atoms with Gasteiger partial charge in [0.25, 0.3) is 0 Å². The molecule has 17 heavy (non-hydrogen) atoms. The summed E-state index contributed by atoms with van der Waals surface area (Å²) in [6.45, 7) is 3.82. The zero-order valence-electron chi connectivity index (χ0n) is 9.84. The number of amides is 1. The molecule has 0 unspecified atom stereocenters. The summed E-state index contributed by atoms with van der Waals surface area (Å²) in [5.41, 5.74) is 0. The molecule has 5 atom stereocenters. The lowest BCUT2D eigenvalue weighted by Crippen LogP contribution is -2.62. The number of carbonyl (C=O) groups excluding carboxylic acids is 2. The van der Waals surface area contributed by atoms with Crippen LogP contribution in [-0.4, -0.2) is 47.7 Å². The molecule has 1 aliphatic rings. The number of halogens is 1. The summed E-state index contributed by atoms with van der Waals surface area (Å²) in [7, 11) is 0. The van der Waals surface area contributed by atoms with Gasteiger partial charge in [-0.1, -0.05) is 0 Å². The van der Waals surface area contributed by atoms with Crippen LogP contribution in [-0.2, 0) is 19.1 Å². The van der Waals surface area contributed by atoms with E-state index >= 15 is 0 Å². The van der Waals surface area contributed by atoms with Gasteiger partial charge in [0.1, 0.15) is 6.04 Å². The van der Waals surface area contributed by atoms with Crippen LogP contribution in [0.2, 0.25) is 0 Å². The van der Waals surface area contributed by atoms with Crippen LogP contribution >= 0.6 is 0 Å². The van der Waals surface area contributed by atoms with Crippen LogP contribution in [0, 0.1) is 0 Å². The fourth-order valence-electron chi connectivity index (χ4n) is 1.74. The maximum Gasteiger partial charge on any atom is 0.303 e.